The quantitative estimate of drug-likeness (QED) is 0.659. The fourth-order valence-electron chi connectivity index (χ4n) is 0.969. The van der Waals surface area contributed by atoms with Crippen molar-refractivity contribution in [2.24, 2.45) is 0 Å². The summed E-state index contributed by atoms with van der Waals surface area (Å²) in [5, 5.41) is 3.58. The van der Waals surface area contributed by atoms with Gasteiger partial charge in [-0.3, -0.25) is 0 Å². The van der Waals surface area contributed by atoms with Crippen LogP contribution in [0.4, 0.5) is 0 Å². The molecule has 0 aromatic carbocycles. The molecule has 0 aliphatic heterocycles. The van der Waals surface area contributed by atoms with Gasteiger partial charge in [0, 0.05) is 0 Å². The van der Waals surface area contributed by atoms with Gasteiger partial charge in [-0.1, -0.05) is 19.8 Å². The molecule has 0 spiro atoms. The van der Waals surface area contributed by atoms with Crippen LogP contribution in [0.3, 0.4) is 0 Å². The van der Waals surface area contributed by atoms with Crippen molar-refractivity contribution in [3.8, 4) is 0 Å². The summed E-state index contributed by atoms with van der Waals surface area (Å²) in [6.07, 6.45) is 5.04. The summed E-state index contributed by atoms with van der Waals surface area (Å²) in [5.41, 5.74) is 0. The molecule has 13 heavy (non-hydrogen) atoms. The van der Waals surface area contributed by atoms with Crippen LogP contribution >= 0.6 is 0 Å². The van der Waals surface area contributed by atoms with Gasteiger partial charge in [0.25, 0.3) is 10.0 Å². The van der Waals surface area contributed by atoms with E-state index in [1.807, 2.05) is 6.92 Å². The van der Waals surface area contributed by atoms with Crippen LogP contribution in [0.15, 0.2) is 12.7 Å². The third kappa shape index (κ3) is 2.80. The molecular formula is C7H13N3O2S. The van der Waals surface area contributed by atoms with Gasteiger partial charge in [-0.25, -0.2) is 13.4 Å². The Kier molecular flexibility index (Phi) is 3.41. The molecule has 1 aromatic rings. The lowest BCUT2D eigenvalue weighted by molar-refractivity contribution is 0.575. The predicted molar refractivity (Wildman–Crippen MR) is 48.7 cm³/mol. The third-order valence-corrected chi connectivity index (χ3v) is 3.25. The minimum Gasteiger partial charge on any atom is -0.222 e. The summed E-state index contributed by atoms with van der Waals surface area (Å²) in [6, 6.07) is 0. The second-order valence-electron chi connectivity index (χ2n) is 2.79. The molecule has 0 fully saturated rings. The number of unbranched alkanes of at least 4 members (excludes halogenated alkanes) is 2. The van der Waals surface area contributed by atoms with E-state index in [9.17, 15) is 8.42 Å². The molecule has 0 amide bonds. The predicted octanol–water partition coefficient (Wildman–Crippen LogP) is 0.646. The van der Waals surface area contributed by atoms with E-state index in [1.165, 1.54) is 12.7 Å². The number of nitrogens with zero attached hydrogens (tertiary/aromatic N) is 3. The topological polar surface area (TPSA) is 64.8 Å². The summed E-state index contributed by atoms with van der Waals surface area (Å²) in [4.78, 5) is 3.59. The molecule has 0 bridgehead atoms. The first kappa shape index (κ1) is 10.2. The van der Waals surface area contributed by atoms with E-state index >= 15 is 0 Å². The second kappa shape index (κ2) is 4.36. The first-order valence-electron chi connectivity index (χ1n) is 4.24. The Balaban J connectivity index is 2.58. The lowest BCUT2D eigenvalue weighted by Crippen LogP contribution is -2.17. The normalized spacial score (nSPS) is 11.8. The Bertz CT molecular complexity index is 331. The van der Waals surface area contributed by atoms with Gasteiger partial charge in [0.2, 0.25) is 0 Å². The van der Waals surface area contributed by atoms with Gasteiger partial charge in [0.1, 0.15) is 12.7 Å². The van der Waals surface area contributed by atoms with Crippen LogP contribution in [0.1, 0.15) is 26.2 Å². The molecule has 0 N–H and O–H groups in total. The van der Waals surface area contributed by atoms with Crippen LogP contribution in [-0.2, 0) is 10.0 Å². The molecule has 0 saturated heterocycles. The molecule has 0 aliphatic rings. The maximum Gasteiger partial charge on any atom is 0.255 e. The molecule has 1 heterocycles. The first-order chi connectivity index (χ1) is 6.17. The van der Waals surface area contributed by atoms with E-state index in [1.54, 1.807) is 0 Å². The van der Waals surface area contributed by atoms with Gasteiger partial charge in [-0.15, -0.1) is 9.19 Å². The van der Waals surface area contributed by atoms with Gasteiger partial charge in [-0.2, -0.15) is 0 Å². The summed E-state index contributed by atoms with van der Waals surface area (Å²) < 4.78 is 23.8. The summed E-state index contributed by atoms with van der Waals surface area (Å²) in [7, 11) is -3.25. The highest BCUT2D eigenvalue weighted by Crippen LogP contribution is 2.01. The average Bonchev–Trinajstić information content (AvgIpc) is 2.56. The molecule has 6 heteroatoms. The monoisotopic (exact) mass is 203 g/mol. The van der Waals surface area contributed by atoms with E-state index in [0.29, 0.717) is 6.42 Å². The molecule has 5 nitrogen and oxygen atoms in total. The molecule has 74 valence electrons. The smallest absolute Gasteiger partial charge is 0.222 e. The maximum atomic E-state index is 11.4. The number of hydrogen-bond acceptors (Lipinski definition) is 4. The van der Waals surface area contributed by atoms with E-state index in [4.69, 9.17) is 0 Å². The number of aromatic nitrogens is 3. The van der Waals surface area contributed by atoms with Crippen molar-refractivity contribution < 1.29 is 8.42 Å². The largest absolute Gasteiger partial charge is 0.255 e. The van der Waals surface area contributed by atoms with Gasteiger partial charge in [-0.05, 0) is 6.42 Å². The van der Waals surface area contributed by atoms with Gasteiger partial charge in [0.05, 0.1) is 5.75 Å². The van der Waals surface area contributed by atoms with E-state index in [0.717, 1.165) is 16.9 Å². The highest BCUT2D eigenvalue weighted by atomic mass is 32.2. The minimum absolute atomic E-state index is 0.143. The van der Waals surface area contributed by atoms with Crippen molar-refractivity contribution in [1.29, 1.82) is 0 Å². The van der Waals surface area contributed by atoms with E-state index < -0.39 is 10.0 Å². The SMILES string of the molecule is CCCCCS(=O)(=O)n1cncn1. The van der Waals surface area contributed by atoms with Crippen molar-refractivity contribution in [1.82, 2.24) is 14.2 Å². The molecule has 0 unspecified atom stereocenters. The molecule has 0 saturated carbocycles. The standard InChI is InChI=1S/C7H13N3O2S/c1-2-3-4-5-13(11,12)10-7-8-6-9-10/h6-7H,2-5H2,1H3. The van der Waals surface area contributed by atoms with Gasteiger partial charge >= 0.3 is 0 Å². The molecule has 1 rings (SSSR count). The Morgan fingerprint density at radius 1 is 1.38 bits per heavy atom. The summed E-state index contributed by atoms with van der Waals surface area (Å²) in [5.74, 6) is 0.143. The zero-order valence-corrected chi connectivity index (χ0v) is 8.37. The summed E-state index contributed by atoms with van der Waals surface area (Å²) >= 11 is 0. The van der Waals surface area contributed by atoms with Crippen molar-refractivity contribution in [3.63, 3.8) is 0 Å². The van der Waals surface area contributed by atoms with Crippen molar-refractivity contribution in [2.75, 3.05) is 5.75 Å². The van der Waals surface area contributed by atoms with Crippen molar-refractivity contribution in [3.05, 3.63) is 12.7 Å². The zero-order chi connectivity index (χ0) is 9.73. The first-order valence-corrected chi connectivity index (χ1v) is 5.85. The van der Waals surface area contributed by atoms with Crippen LogP contribution in [-0.4, -0.2) is 28.3 Å². The van der Waals surface area contributed by atoms with E-state index in [-0.39, 0.29) is 5.75 Å². The zero-order valence-electron chi connectivity index (χ0n) is 7.55. The minimum atomic E-state index is -3.25. The average molecular weight is 203 g/mol. The van der Waals surface area contributed by atoms with Crippen LogP contribution in [0, 0.1) is 0 Å². The van der Waals surface area contributed by atoms with Crippen LogP contribution in [0.5, 0.6) is 0 Å². The number of hydrogen-bond donors (Lipinski definition) is 0. The highest BCUT2D eigenvalue weighted by molar-refractivity contribution is 7.89. The number of rotatable bonds is 5. The molecule has 0 radical (unpaired) electrons. The summed E-state index contributed by atoms with van der Waals surface area (Å²) in [6.45, 7) is 2.03. The Labute approximate surface area is 77.8 Å². The lowest BCUT2D eigenvalue weighted by atomic mass is 10.3. The molecule has 0 atom stereocenters. The Hall–Kier alpha value is -0.910. The Morgan fingerprint density at radius 2 is 2.15 bits per heavy atom. The van der Waals surface area contributed by atoms with Crippen molar-refractivity contribution >= 4 is 10.0 Å². The van der Waals surface area contributed by atoms with Gasteiger partial charge in [0.15, 0.2) is 0 Å². The van der Waals surface area contributed by atoms with Crippen LogP contribution in [0.2, 0.25) is 0 Å². The Morgan fingerprint density at radius 3 is 2.69 bits per heavy atom. The maximum absolute atomic E-state index is 11.4. The molecular weight excluding hydrogens is 190 g/mol. The highest BCUT2D eigenvalue weighted by Gasteiger charge is 2.12. The third-order valence-electron chi connectivity index (χ3n) is 1.69. The fraction of sp³-hybridized carbons (Fsp3) is 0.714. The molecule has 0 aliphatic carbocycles. The second-order valence-corrected chi connectivity index (χ2v) is 4.74. The van der Waals surface area contributed by atoms with Crippen molar-refractivity contribution in [2.45, 2.75) is 26.2 Å². The van der Waals surface area contributed by atoms with Crippen LogP contribution < -0.4 is 0 Å². The van der Waals surface area contributed by atoms with E-state index in [2.05, 4.69) is 10.1 Å². The van der Waals surface area contributed by atoms with Crippen LogP contribution in [0.25, 0.3) is 0 Å². The van der Waals surface area contributed by atoms with Gasteiger partial charge < -0.3 is 0 Å². The fourth-order valence-corrected chi connectivity index (χ4v) is 2.11. The lowest BCUT2D eigenvalue weighted by Gasteiger charge is -2.01. The molecule has 1 aromatic heterocycles.